The molecule has 2 N–H and O–H groups in total. The van der Waals surface area contributed by atoms with Crippen LogP contribution in [0, 0.1) is 20.8 Å². The molecule has 0 unspecified atom stereocenters. The third-order valence-electron chi connectivity index (χ3n) is 7.33. The molecule has 7 heteroatoms. The number of anilines is 2. The number of aryl methyl sites for hydroxylation is 3. The van der Waals surface area contributed by atoms with Gasteiger partial charge in [0.05, 0.1) is 0 Å². The predicted octanol–water partition coefficient (Wildman–Crippen LogP) is 6.34. The summed E-state index contributed by atoms with van der Waals surface area (Å²) in [6, 6.07) is 18.4. The van der Waals surface area contributed by atoms with Crippen LogP contribution in [0.25, 0.3) is 0 Å². The number of aromatic nitrogens is 1. The highest BCUT2D eigenvalue weighted by atomic mass is 16.2. The Hall–Kier alpha value is -4.00. The lowest BCUT2D eigenvalue weighted by molar-refractivity contribution is -0.127. The lowest BCUT2D eigenvalue weighted by Gasteiger charge is -2.34. The van der Waals surface area contributed by atoms with Crippen molar-refractivity contribution < 1.29 is 14.4 Å². The molecule has 0 spiro atoms. The van der Waals surface area contributed by atoms with Gasteiger partial charge in [0.2, 0.25) is 17.7 Å². The van der Waals surface area contributed by atoms with Gasteiger partial charge >= 0.3 is 0 Å². The number of nitrogens with one attached hydrogen (secondary N) is 2. The molecule has 40 heavy (non-hydrogen) atoms. The van der Waals surface area contributed by atoms with E-state index in [2.05, 4.69) is 21.7 Å². The van der Waals surface area contributed by atoms with Crippen LogP contribution in [0.4, 0.5) is 11.5 Å². The molecular weight excluding hydrogens is 500 g/mol. The van der Waals surface area contributed by atoms with Gasteiger partial charge in [-0.15, -0.1) is 0 Å². The summed E-state index contributed by atoms with van der Waals surface area (Å²) in [5, 5.41) is 6.03. The van der Waals surface area contributed by atoms with Crippen LogP contribution in [0.5, 0.6) is 0 Å². The van der Waals surface area contributed by atoms with E-state index in [9.17, 15) is 14.4 Å². The topological polar surface area (TPSA) is 91.4 Å². The summed E-state index contributed by atoms with van der Waals surface area (Å²) in [4.78, 5) is 46.2. The molecule has 3 amide bonds. The fourth-order valence-corrected chi connectivity index (χ4v) is 5.38. The molecule has 0 saturated heterocycles. The Morgan fingerprint density at radius 3 is 2.23 bits per heavy atom. The van der Waals surface area contributed by atoms with Crippen molar-refractivity contribution in [2.45, 2.75) is 84.2 Å². The van der Waals surface area contributed by atoms with Crippen molar-refractivity contribution >= 4 is 29.2 Å². The summed E-state index contributed by atoms with van der Waals surface area (Å²) < 4.78 is 0. The average molecular weight is 541 g/mol. The smallest absolute Gasteiger partial charge is 0.248 e. The minimum atomic E-state index is -0.821. The molecule has 1 fully saturated rings. The van der Waals surface area contributed by atoms with Crippen LogP contribution in [-0.2, 0) is 14.4 Å². The second-order valence-corrected chi connectivity index (χ2v) is 10.9. The van der Waals surface area contributed by atoms with Crippen LogP contribution in [0.15, 0.2) is 66.9 Å². The van der Waals surface area contributed by atoms with Crippen LogP contribution in [0.2, 0.25) is 0 Å². The Morgan fingerprint density at radius 1 is 0.875 bits per heavy atom. The van der Waals surface area contributed by atoms with Gasteiger partial charge in [-0.25, -0.2) is 4.98 Å². The second kappa shape index (κ2) is 13.9. The van der Waals surface area contributed by atoms with Crippen molar-refractivity contribution in [2.24, 2.45) is 0 Å². The summed E-state index contributed by atoms with van der Waals surface area (Å²) in [5.74, 6) is -0.0831. The molecule has 1 aromatic heterocycles. The van der Waals surface area contributed by atoms with E-state index in [1.165, 1.54) is 6.42 Å². The summed E-state index contributed by atoms with van der Waals surface area (Å²) in [6.07, 6.45) is 7.56. The lowest BCUT2D eigenvalue weighted by Crippen LogP contribution is -2.47. The van der Waals surface area contributed by atoms with Crippen molar-refractivity contribution in [1.82, 2.24) is 10.3 Å². The molecule has 1 aliphatic carbocycles. The van der Waals surface area contributed by atoms with E-state index in [1.807, 2.05) is 57.2 Å². The maximum Gasteiger partial charge on any atom is 0.248 e. The van der Waals surface area contributed by atoms with Crippen molar-refractivity contribution in [3.8, 4) is 0 Å². The van der Waals surface area contributed by atoms with E-state index in [0.29, 0.717) is 17.9 Å². The number of rotatable bonds is 10. The first kappa shape index (κ1) is 29.0. The van der Waals surface area contributed by atoms with E-state index in [0.717, 1.165) is 47.9 Å². The highest BCUT2D eigenvalue weighted by Crippen LogP contribution is 2.32. The van der Waals surface area contributed by atoms with Crippen LogP contribution < -0.4 is 15.5 Å². The monoisotopic (exact) mass is 540 g/mol. The Morgan fingerprint density at radius 2 is 1.57 bits per heavy atom. The van der Waals surface area contributed by atoms with Gasteiger partial charge in [0.15, 0.2) is 0 Å². The molecule has 1 heterocycles. The van der Waals surface area contributed by atoms with Crippen LogP contribution in [0.3, 0.4) is 0 Å². The minimum absolute atomic E-state index is 0.112. The third-order valence-corrected chi connectivity index (χ3v) is 7.33. The van der Waals surface area contributed by atoms with Gasteiger partial charge in [0, 0.05) is 30.8 Å². The highest BCUT2D eigenvalue weighted by Gasteiger charge is 2.34. The Labute approximate surface area is 237 Å². The average Bonchev–Trinajstić information content (AvgIpc) is 2.92. The Balaban J connectivity index is 1.60. The number of nitrogens with zero attached hydrogens (tertiary/aromatic N) is 2. The molecular formula is C33H40N4O3. The van der Waals surface area contributed by atoms with Crippen molar-refractivity contribution in [2.75, 3.05) is 10.2 Å². The van der Waals surface area contributed by atoms with E-state index < -0.39 is 6.04 Å². The Bertz CT molecular complexity index is 1280. The number of hydrogen-bond donors (Lipinski definition) is 2. The standard InChI is InChI=1S/C33H40N4O3/c1-23-15-17-26(18-16-23)32(33(40)35-27-10-5-4-6-11-27)37(28-21-24(2)20-25(3)22-28)31(39)14-9-13-30(38)36-29-12-7-8-19-34-29/h7-8,12,15-22,27,32H,4-6,9-11,13-14H2,1-3H3,(H,35,40)(H,34,36,38)/t32-/m1/s1. The molecule has 7 nitrogen and oxygen atoms in total. The van der Waals surface area contributed by atoms with Crippen LogP contribution in [-0.4, -0.2) is 28.7 Å². The normalized spacial score (nSPS) is 14.3. The van der Waals surface area contributed by atoms with Gasteiger partial charge < -0.3 is 10.6 Å². The third kappa shape index (κ3) is 8.01. The minimum Gasteiger partial charge on any atom is -0.351 e. The fraction of sp³-hybridized carbons (Fsp3) is 0.394. The fourth-order valence-electron chi connectivity index (χ4n) is 5.38. The maximum absolute atomic E-state index is 14.0. The van der Waals surface area contributed by atoms with Gasteiger partial charge in [-0.05, 0) is 81.0 Å². The zero-order chi connectivity index (χ0) is 28.5. The number of amides is 3. The first-order valence-electron chi connectivity index (χ1n) is 14.3. The lowest BCUT2D eigenvalue weighted by atomic mass is 9.94. The van der Waals surface area contributed by atoms with Crippen molar-refractivity contribution in [3.63, 3.8) is 0 Å². The summed E-state index contributed by atoms with van der Waals surface area (Å²) in [5.41, 5.74) is 4.55. The zero-order valence-corrected chi connectivity index (χ0v) is 23.8. The van der Waals surface area contributed by atoms with Crippen molar-refractivity contribution in [1.29, 1.82) is 0 Å². The Kier molecular flexibility index (Phi) is 10.1. The van der Waals surface area contributed by atoms with E-state index in [-0.39, 0.29) is 36.6 Å². The molecule has 210 valence electrons. The molecule has 1 saturated carbocycles. The molecule has 1 atom stereocenters. The number of carbonyl (C=O) groups excluding carboxylic acids is 3. The van der Waals surface area contributed by atoms with Gasteiger partial charge in [0.1, 0.15) is 11.9 Å². The van der Waals surface area contributed by atoms with E-state index in [4.69, 9.17) is 0 Å². The first-order chi connectivity index (χ1) is 19.3. The van der Waals surface area contributed by atoms with E-state index >= 15 is 0 Å². The molecule has 0 radical (unpaired) electrons. The zero-order valence-electron chi connectivity index (χ0n) is 23.8. The van der Waals surface area contributed by atoms with Gasteiger partial charge in [0.25, 0.3) is 0 Å². The first-order valence-corrected chi connectivity index (χ1v) is 14.3. The molecule has 2 aromatic carbocycles. The quantitative estimate of drug-likeness (QED) is 0.314. The summed E-state index contributed by atoms with van der Waals surface area (Å²) in [6.45, 7) is 5.98. The molecule has 3 aromatic rings. The van der Waals surface area contributed by atoms with Gasteiger partial charge in [-0.2, -0.15) is 0 Å². The molecule has 4 rings (SSSR count). The molecule has 0 aliphatic heterocycles. The summed E-state index contributed by atoms with van der Waals surface area (Å²) in [7, 11) is 0. The number of carbonyl (C=O) groups is 3. The van der Waals surface area contributed by atoms with Gasteiger partial charge in [-0.1, -0.05) is 61.2 Å². The van der Waals surface area contributed by atoms with Crippen LogP contribution >= 0.6 is 0 Å². The number of pyridine rings is 1. The second-order valence-electron chi connectivity index (χ2n) is 10.9. The van der Waals surface area contributed by atoms with Crippen LogP contribution in [0.1, 0.15) is 79.7 Å². The van der Waals surface area contributed by atoms with Crippen molar-refractivity contribution in [3.05, 3.63) is 89.1 Å². The van der Waals surface area contributed by atoms with Gasteiger partial charge in [-0.3, -0.25) is 19.3 Å². The maximum atomic E-state index is 14.0. The molecule has 1 aliphatic rings. The summed E-state index contributed by atoms with van der Waals surface area (Å²) >= 11 is 0. The predicted molar refractivity (Wildman–Crippen MR) is 159 cm³/mol. The molecule has 0 bridgehead atoms. The SMILES string of the molecule is Cc1ccc([C@H](C(=O)NC2CCCCC2)N(C(=O)CCCC(=O)Nc2ccccn2)c2cc(C)cc(C)c2)cc1. The van der Waals surface area contributed by atoms with E-state index in [1.54, 1.807) is 29.3 Å². The largest absolute Gasteiger partial charge is 0.351 e. The number of benzene rings is 2. The number of hydrogen-bond acceptors (Lipinski definition) is 4. The highest BCUT2D eigenvalue weighted by molar-refractivity contribution is 6.01.